The number of nitrogens with zero attached hydrogens (tertiary/aromatic N) is 5. The first-order valence-corrected chi connectivity index (χ1v) is 9.27. The van der Waals surface area contributed by atoms with Gasteiger partial charge in [0.2, 0.25) is 11.8 Å². The second kappa shape index (κ2) is 8.22. The van der Waals surface area contributed by atoms with E-state index in [-0.39, 0.29) is 6.03 Å². The van der Waals surface area contributed by atoms with Crippen LogP contribution in [0.4, 0.5) is 4.79 Å². The molecule has 0 aliphatic carbocycles. The molecule has 4 rings (SSSR count). The van der Waals surface area contributed by atoms with E-state index < -0.39 is 6.10 Å². The van der Waals surface area contributed by atoms with E-state index in [9.17, 15) is 4.79 Å². The van der Waals surface area contributed by atoms with Gasteiger partial charge in [0.1, 0.15) is 0 Å². The second-order valence-corrected chi connectivity index (χ2v) is 6.45. The van der Waals surface area contributed by atoms with E-state index in [0.29, 0.717) is 44.4 Å². The quantitative estimate of drug-likeness (QED) is 0.726. The van der Waals surface area contributed by atoms with Crippen LogP contribution in [0.3, 0.4) is 0 Å². The molecule has 1 fully saturated rings. The summed E-state index contributed by atoms with van der Waals surface area (Å²) in [5.41, 5.74) is 1.99. The van der Waals surface area contributed by atoms with E-state index in [1.807, 2.05) is 42.0 Å². The van der Waals surface area contributed by atoms with Gasteiger partial charge in [-0.1, -0.05) is 25.1 Å². The Morgan fingerprint density at radius 1 is 1.32 bits per heavy atom. The summed E-state index contributed by atoms with van der Waals surface area (Å²) in [5, 5.41) is 11.0. The van der Waals surface area contributed by atoms with Crippen molar-refractivity contribution >= 4 is 6.03 Å². The molecule has 1 N–H and O–H groups in total. The van der Waals surface area contributed by atoms with Crippen LogP contribution in [0.1, 0.15) is 30.4 Å². The summed E-state index contributed by atoms with van der Waals surface area (Å²) >= 11 is 0. The van der Waals surface area contributed by atoms with Gasteiger partial charge in [0, 0.05) is 31.9 Å². The van der Waals surface area contributed by atoms with Gasteiger partial charge >= 0.3 is 6.03 Å². The number of nitrogens with one attached hydrogen (secondary N) is 1. The first-order chi connectivity index (χ1) is 13.7. The van der Waals surface area contributed by atoms with Gasteiger partial charge in [-0.25, -0.2) is 9.78 Å². The lowest BCUT2D eigenvalue weighted by Crippen LogP contribution is -2.47. The van der Waals surface area contributed by atoms with E-state index in [2.05, 4.69) is 20.5 Å². The fraction of sp³-hybridized carbons (Fsp3) is 0.368. The van der Waals surface area contributed by atoms with Crippen molar-refractivity contribution in [3.63, 3.8) is 0 Å². The Hall–Kier alpha value is -3.20. The van der Waals surface area contributed by atoms with Gasteiger partial charge in [-0.2, -0.15) is 0 Å². The van der Waals surface area contributed by atoms with Gasteiger partial charge in [-0.3, -0.25) is 0 Å². The van der Waals surface area contributed by atoms with Crippen LogP contribution in [0.15, 0.2) is 47.4 Å². The highest BCUT2D eigenvalue weighted by Crippen LogP contribution is 2.21. The molecule has 3 aromatic rings. The highest BCUT2D eigenvalue weighted by Gasteiger charge is 2.29. The molecule has 1 aliphatic heterocycles. The standard InChI is InChI=1S/C19H22N6O3/c1-2-17-22-23-18(28-17)16-12-24(9-10-27-16)19(26)21-11-14-5-3-4-6-15(14)25-8-7-20-13-25/h3-8,13,16H,2,9-12H2,1H3,(H,21,26). The molecule has 0 saturated carbocycles. The monoisotopic (exact) mass is 382 g/mol. The predicted octanol–water partition coefficient (Wildman–Crippen LogP) is 2.10. The molecule has 146 valence electrons. The van der Waals surface area contributed by atoms with Crippen LogP contribution in [-0.4, -0.2) is 50.4 Å². The van der Waals surface area contributed by atoms with E-state index in [4.69, 9.17) is 9.15 Å². The Bertz CT molecular complexity index is 923. The van der Waals surface area contributed by atoms with Crippen molar-refractivity contribution in [3.05, 3.63) is 60.3 Å². The zero-order valence-electron chi connectivity index (χ0n) is 15.6. The molecule has 3 heterocycles. The van der Waals surface area contributed by atoms with Crippen LogP contribution < -0.4 is 5.32 Å². The first kappa shape index (κ1) is 18.2. The predicted molar refractivity (Wildman–Crippen MR) is 99.7 cm³/mol. The molecule has 1 saturated heterocycles. The maximum Gasteiger partial charge on any atom is 0.317 e. The summed E-state index contributed by atoms with van der Waals surface area (Å²) < 4.78 is 13.2. The Kier molecular flexibility index (Phi) is 5.34. The SMILES string of the molecule is CCc1nnc(C2CN(C(=O)NCc3ccccc3-n3ccnc3)CCO2)o1. The Morgan fingerprint density at radius 2 is 2.21 bits per heavy atom. The zero-order chi connectivity index (χ0) is 19.3. The largest absolute Gasteiger partial charge is 0.422 e. The number of aryl methyl sites for hydroxylation is 1. The van der Waals surface area contributed by atoms with Crippen molar-refractivity contribution < 1.29 is 13.9 Å². The number of imidazole rings is 1. The third-order valence-corrected chi connectivity index (χ3v) is 4.62. The summed E-state index contributed by atoms with van der Waals surface area (Å²) in [7, 11) is 0. The van der Waals surface area contributed by atoms with Crippen molar-refractivity contribution in [1.82, 2.24) is 30.0 Å². The molecule has 0 bridgehead atoms. The summed E-state index contributed by atoms with van der Waals surface area (Å²) in [6, 6.07) is 7.75. The lowest BCUT2D eigenvalue weighted by Gasteiger charge is -2.31. The number of benzene rings is 1. The number of aromatic nitrogens is 4. The number of amides is 2. The van der Waals surface area contributed by atoms with Gasteiger partial charge in [0.05, 0.1) is 25.2 Å². The maximum atomic E-state index is 12.7. The molecule has 2 amide bonds. The summed E-state index contributed by atoms with van der Waals surface area (Å²) in [4.78, 5) is 18.5. The molecule has 1 unspecified atom stereocenters. The van der Waals surface area contributed by atoms with Crippen LogP contribution >= 0.6 is 0 Å². The van der Waals surface area contributed by atoms with Crippen LogP contribution in [0, 0.1) is 0 Å². The summed E-state index contributed by atoms with van der Waals surface area (Å²) in [6.45, 7) is 3.67. The van der Waals surface area contributed by atoms with Gasteiger partial charge in [0.15, 0.2) is 6.10 Å². The minimum absolute atomic E-state index is 0.149. The molecule has 2 aromatic heterocycles. The average Bonchev–Trinajstić information content (AvgIpc) is 3.44. The zero-order valence-corrected chi connectivity index (χ0v) is 15.6. The lowest BCUT2D eigenvalue weighted by atomic mass is 10.1. The third kappa shape index (κ3) is 3.89. The van der Waals surface area contributed by atoms with E-state index in [1.165, 1.54) is 0 Å². The number of morpholine rings is 1. The highest BCUT2D eigenvalue weighted by molar-refractivity contribution is 5.74. The number of carbonyl (C=O) groups is 1. The van der Waals surface area contributed by atoms with Crippen LogP contribution in [0.5, 0.6) is 0 Å². The van der Waals surface area contributed by atoms with E-state index in [1.54, 1.807) is 17.4 Å². The maximum absolute atomic E-state index is 12.7. The number of hydrogen-bond acceptors (Lipinski definition) is 6. The molecular weight excluding hydrogens is 360 g/mol. The summed E-state index contributed by atoms with van der Waals surface area (Å²) in [6.07, 6.45) is 5.61. The molecule has 1 aliphatic rings. The smallest absolute Gasteiger partial charge is 0.317 e. The third-order valence-electron chi connectivity index (χ3n) is 4.62. The van der Waals surface area contributed by atoms with E-state index in [0.717, 1.165) is 11.3 Å². The Morgan fingerprint density at radius 3 is 3.00 bits per heavy atom. The van der Waals surface area contributed by atoms with Gasteiger partial charge < -0.3 is 23.9 Å². The van der Waals surface area contributed by atoms with Crippen LogP contribution in [0.25, 0.3) is 5.69 Å². The molecule has 1 aromatic carbocycles. The number of urea groups is 1. The molecule has 28 heavy (non-hydrogen) atoms. The van der Waals surface area contributed by atoms with Crippen molar-refractivity contribution in [1.29, 1.82) is 0 Å². The fourth-order valence-corrected chi connectivity index (χ4v) is 3.12. The minimum Gasteiger partial charge on any atom is -0.422 e. The van der Waals surface area contributed by atoms with Crippen molar-refractivity contribution in [2.45, 2.75) is 26.0 Å². The van der Waals surface area contributed by atoms with Crippen molar-refractivity contribution in [3.8, 4) is 5.69 Å². The van der Waals surface area contributed by atoms with E-state index >= 15 is 0 Å². The van der Waals surface area contributed by atoms with Crippen molar-refractivity contribution in [2.75, 3.05) is 19.7 Å². The fourth-order valence-electron chi connectivity index (χ4n) is 3.12. The Labute approximate surface area is 162 Å². The molecule has 0 radical (unpaired) electrons. The number of hydrogen-bond donors (Lipinski definition) is 1. The molecule has 9 heteroatoms. The number of para-hydroxylation sites is 1. The Balaban J connectivity index is 1.39. The van der Waals surface area contributed by atoms with Crippen LogP contribution in [-0.2, 0) is 17.7 Å². The normalized spacial score (nSPS) is 16.9. The molecule has 9 nitrogen and oxygen atoms in total. The summed E-state index contributed by atoms with van der Waals surface area (Å²) in [5.74, 6) is 0.982. The molecule has 1 atom stereocenters. The van der Waals surface area contributed by atoms with Gasteiger partial charge in [0.25, 0.3) is 0 Å². The average molecular weight is 382 g/mol. The topological polar surface area (TPSA) is 98.3 Å². The first-order valence-electron chi connectivity index (χ1n) is 9.27. The minimum atomic E-state index is -0.398. The van der Waals surface area contributed by atoms with Gasteiger partial charge in [-0.05, 0) is 11.6 Å². The number of ether oxygens (including phenoxy) is 1. The second-order valence-electron chi connectivity index (χ2n) is 6.45. The number of carbonyl (C=O) groups excluding carboxylic acids is 1. The van der Waals surface area contributed by atoms with Gasteiger partial charge in [-0.15, -0.1) is 10.2 Å². The number of rotatable bonds is 5. The lowest BCUT2D eigenvalue weighted by molar-refractivity contribution is -0.0293. The van der Waals surface area contributed by atoms with Crippen LogP contribution in [0.2, 0.25) is 0 Å². The molecular formula is C19H22N6O3. The van der Waals surface area contributed by atoms with Crippen molar-refractivity contribution in [2.24, 2.45) is 0 Å². The highest BCUT2D eigenvalue weighted by atomic mass is 16.5. The molecule has 0 spiro atoms.